The van der Waals surface area contributed by atoms with Gasteiger partial charge in [0.05, 0.1) is 5.56 Å². The van der Waals surface area contributed by atoms with Gasteiger partial charge in [-0.15, -0.1) is 0 Å². The van der Waals surface area contributed by atoms with E-state index in [1.165, 1.54) is 11.8 Å². The van der Waals surface area contributed by atoms with E-state index in [2.05, 4.69) is 10.3 Å². The topological polar surface area (TPSA) is 68.3 Å². The molecule has 1 aromatic carbocycles. The fourth-order valence-corrected chi connectivity index (χ4v) is 2.94. The number of rotatable bonds is 6. The zero-order valence-electron chi connectivity index (χ0n) is 13.3. The zero-order chi connectivity index (χ0) is 16.9. The number of nitrogens with one attached hydrogen (secondary N) is 1. The molecule has 5 nitrogen and oxygen atoms in total. The van der Waals surface area contributed by atoms with Crippen molar-refractivity contribution in [1.82, 2.24) is 10.3 Å². The van der Waals surface area contributed by atoms with Crippen LogP contribution in [0.5, 0.6) is 0 Å². The van der Waals surface area contributed by atoms with Gasteiger partial charge in [-0.2, -0.15) is 0 Å². The predicted molar refractivity (Wildman–Crippen MR) is 90.8 cm³/mol. The molecular weight excluding hydrogens is 324 g/mol. The van der Waals surface area contributed by atoms with Gasteiger partial charge >= 0.3 is 5.97 Å². The molecule has 1 N–H and O–H groups in total. The Balaban J connectivity index is 1.69. The van der Waals surface area contributed by atoms with Gasteiger partial charge in [0.25, 0.3) is 5.91 Å². The Hall–Kier alpha value is -2.34. The lowest BCUT2D eigenvalue weighted by Crippen LogP contribution is -2.37. The molecule has 1 aliphatic carbocycles. The second-order valence-corrected chi connectivity index (χ2v) is 6.66. The number of aromatic nitrogens is 1. The third kappa shape index (κ3) is 4.35. The van der Waals surface area contributed by atoms with Gasteiger partial charge in [-0.25, -0.2) is 9.78 Å². The first-order valence-corrected chi connectivity index (χ1v) is 8.64. The SMILES string of the molecule is C[C@@H](OC(=O)c1cccnc1Sc1ccccc1)C(=O)NC1CC1. The highest BCUT2D eigenvalue weighted by Crippen LogP contribution is 2.28. The molecule has 0 radical (unpaired) electrons. The first-order valence-electron chi connectivity index (χ1n) is 7.83. The lowest BCUT2D eigenvalue weighted by Gasteiger charge is -2.14. The molecule has 6 heteroatoms. The summed E-state index contributed by atoms with van der Waals surface area (Å²) in [6.07, 6.45) is 2.79. The summed E-state index contributed by atoms with van der Waals surface area (Å²) < 4.78 is 5.30. The van der Waals surface area contributed by atoms with Crippen LogP contribution in [0.1, 0.15) is 30.1 Å². The van der Waals surface area contributed by atoms with Crippen molar-refractivity contribution in [3.05, 3.63) is 54.2 Å². The Labute approximate surface area is 144 Å². The number of pyridine rings is 1. The molecule has 0 bridgehead atoms. The number of carbonyl (C=O) groups is 2. The van der Waals surface area contributed by atoms with Crippen LogP contribution in [0.2, 0.25) is 0 Å². The number of carbonyl (C=O) groups excluding carboxylic acids is 2. The van der Waals surface area contributed by atoms with Gasteiger partial charge in [-0.1, -0.05) is 30.0 Å². The van der Waals surface area contributed by atoms with Gasteiger partial charge in [0, 0.05) is 17.1 Å². The molecule has 0 unspecified atom stereocenters. The van der Waals surface area contributed by atoms with Crippen LogP contribution in [0.25, 0.3) is 0 Å². The van der Waals surface area contributed by atoms with Crippen LogP contribution in [-0.4, -0.2) is 29.0 Å². The summed E-state index contributed by atoms with van der Waals surface area (Å²) in [5, 5.41) is 3.39. The molecule has 1 amide bonds. The molecule has 3 rings (SSSR count). The number of hydrogen-bond donors (Lipinski definition) is 1. The van der Waals surface area contributed by atoms with Crippen LogP contribution >= 0.6 is 11.8 Å². The first-order chi connectivity index (χ1) is 11.6. The summed E-state index contributed by atoms with van der Waals surface area (Å²) in [6, 6.07) is 13.2. The summed E-state index contributed by atoms with van der Waals surface area (Å²) >= 11 is 1.39. The zero-order valence-corrected chi connectivity index (χ0v) is 14.1. The number of hydrogen-bond acceptors (Lipinski definition) is 5. The van der Waals surface area contributed by atoms with Gasteiger partial charge in [0.2, 0.25) is 0 Å². The first kappa shape index (κ1) is 16.5. The van der Waals surface area contributed by atoms with Crippen LogP contribution in [-0.2, 0) is 9.53 Å². The fraction of sp³-hybridized carbons (Fsp3) is 0.278. The summed E-state index contributed by atoms with van der Waals surface area (Å²) in [4.78, 5) is 29.6. The average Bonchev–Trinajstić information content (AvgIpc) is 3.40. The van der Waals surface area contributed by atoms with Crippen LogP contribution in [0.4, 0.5) is 0 Å². The molecule has 0 aliphatic heterocycles. The van der Waals surface area contributed by atoms with E-state index < -0.39 is 12.1 Å². The number of amides is 1. The molecule has 0 saturated heterocycles. The normalized spacial score (nSPS) is 14.7. The van der Waals surface area contributed by atoms with Gasteiger partial charge in [-0.3, -0.25) is 4.79 Å². The van der Waals surface area contributed by atoms with Gasteiger partial charge in [0.1, 0.15) is 5.03 Å². The molecule has 0 spiro atoms. The van der Waals surface area contributed by atoms with Crippen LogP contribution < -0.4 is 5.32 Å². The summed E-state index contributed by atoms with van der Waals surface area (Å²) in [5.41, 5.74) is 0.359. The number of esters is 1. The molecule has 1 aliphatic rings. The number of ether oxygens (including phenoxy) is 1. The quantitative estimate of drug-likeness (QED) is 0.817. The second-order valence-electron chi connectivity index (χ2n) is 5.60. The third-order valence-corrected chi connectivity index (χ3v) is 4.55. The van der Waals surface area contributed by atoms with E-state index >= 15 is 0 Å². The minimum absolute atomic E-state index is 0.237. The average molecular weight is 342 g/mol. The highest BCUT2D eigenvalue weighted by atomic mass is 32.2. The molecule has 1 aromatic heterocycles. The molecule has 24 heavy (non-hydrogen) atoms. The Morgan fingerprint density at radius 3 is 2.67 bits per heavy atom. The minimum atomic E-state index is -0.826. The lowest BCUT2D eigenvalue weighted by atomic mass is 10.3. The Morgan fingerprint density at radius 2 is 1.96 bits per heavy atom. The standard InChI is InChI=1S/C18H18N2O3S/c1-12(16(21)20-13-9-10-13)23-18(22)15-8-5-11-19-17(15)24-14-6-3-2-4-7-14/h2-8,11-13H,9-10H2,1H3,(H,20,21)/t12-/m1/s1. The van der Waals surface area contributed by atoms with Crippen molar-refractivity contribution in [1.29, 1.82) is 0 Å². The summed E-state index contributed by atoms with van der Waals surface area (Å²) in [5.74, 6) is -0.799. The highest BCUT2D eigenvalue weighted by Gasteiger charge is 2.28. The smallest absolute Gasteiger partial charge is 0.341 e. The van der Waals surface area contributed by atoms with Crippen LogP contribution in [0, 0.1) is 0 Å². The lowest BCUT2D eigenvalue weighted by molar-refractivity contribution is -0.129. The van der Waals surface area contributed by atoms with Gasteiger partial charge in [0.15, 0.2) is 6.10 Å². The van der Waals surface area contributed by atoms with E-state index in [1.807, 2.05) is 30.3 Å². The van der Waals surface area contributed by atoms with Crippen LogP contribution in [0.3, 0.4) is 0 Å². The summed E-state index contributed by atoms with van der Waals surface area (Å²) in [6.45, 7) is 1.58. The van der Waals surface area contributed by atoms with Crippen molar-refractivity contribution < 1.29 is 14.3 Å². The molecule has 2 aromatic rings. The van der Waals surface area contributed by atoms with Crippen molar-refractivity contribution in [3.8, 4) is 0 Å². The maximum atomic E-state index is 12.4. The Bertz CT molecular complexity index is 732. The number of nitrogens with zero attached hydrogens (tertiary/aromatic N) is 1. The van der Waals surface area contributed by atoms with E-state index in [1.54, 1.807) is 25.3 Å². The van der Waals surface area contributed by atoms with Crippen molar-refractivity contribution >= 4 is 23.6 Å². The maximum absolute atomic E-state index is 12.4. The maximum Gasteiger partial charge on any atom is 0.341 e. The predicted octanol–water partition coefficient (Wildman–Crippen LogP) is 3.06. The fourth-order valence-electron chi connectivity index (χ4n) is 2.05. The van der Waals surface area contributed by atoms with Gasteiger partial charge < -0.3 is 10.1 Å². The van der Waals surface area contributed by atoms with E-state index in [-0.39, 0.29) is 11.9 Å². The molecule has 1 atom stereocenters. The Kier molecular flexibility index (Phi) is 5.15. The van der Waals surface area contributed by atoms with Crippen LogP contribution in [0.15, 0.2) is 58.6 Å². The van der Waals surface area contributed by atoms with E-state index in [9.17, 15) is 9.59 Å². The third-order valence-electron chi connectivity index (χ3n) is 3.53. The van der Waals surface area contributed by atoms with E-state index in [0.717, 1.165) is 17.7 Å². The van der Waals surface area contributed by atoms with Crippen molar-refractivity contribution in [3.63, 3.8) is 0 Å². The molecule has 1 saturated carbocycles. The largest absolute Gasteiger partial charge is 0.449 e. The van der Waals surface area contributed by atoms with Crippen molar-refractivity contribution in [2.24, 2.45) is 0 Å². The van der Waals surface area contributed by atoms with Crippen molar-refractivity contribution in [2.45, 2.75) is 41.8 Å². The molecule has 1 fully saturated rings. The van der Waals surface area contributed by atoms with Crippen molar-refractivity contribution in [2.75, 3.05) is 0 Å². The molecular formula is C18H18N2O3S. The van der Waals surface area contributed by atoms with Gasteiger partial charge in [-0.05, 0) is 44.0 Å². The monoisotopic (exact) mass is 342 g/mol. The molecule has 124 valence electrons. The second kappa shape index (κ2) is 7.49. The van der Waals surface area contributed by atoms with E-state index in [0.29, 0.717) is 10.6 Å². The minimum Gasteiger partial charge on any atom is -0.449 e. The summed E-state index contributed by atoms with van der Waals surface area (Å²) in [7, 11) is 0. The Morgan fingerprint density at radius 1 is 1.21 bits per heavy atom. The van der Waals surface area contributed by atoms with E-state index in [4.69, 9.17) is 4.74 Å². The molecule has 1 heterocycles. The number of benzene rings is 1. The highest BCUT2D eigenvalue weighted by molar-refractivity contribution is 7.99.